The monoisotopic (exact) mass is 198 g/mol. The number of hydrogen-bond donors (Lipinski definition) is 1. The van der Waals surface area contributed by atoms with Crippen molar-refractivity contribution in [1.29, 1.82) is 0 Å². The van der Waals surface area contributed by atoms with Crippen LogP contribution in [0.15, 0.2) is 23.1 Å². The van der Waals surface area contributed by atoms with E-state index < -0.39 is 10.1 Å². The molecule has 0 radical (unpaired) electrons. The Balaban J connectivity index is 2.64. The topological polar surface area (TPSA) is 54.4 Å². The third-order valence-corrected chi connectivity index (χ3v) is 3.43. The summed E-state index contributed by atoms with van der Waals surface area (Å²) in [6, 6.07) is 5.01. The summed E-state index contributed by atoms with van der Waals surface area (Å²) in [6.45, 7) is 2.04. The molecule has 0 heterocycles. The molecule has 0 aromatic heterocycles. The van der Waals surface area contributed by atoms with Crippen molar-refractivity contribution in [2.75, 3.05) is 0 Å². The molecule has 1 aliphatic rings. The number of hydrogen-bond acceptors (Lipinski definition) is 2. The van der Waals surface area contributed by atoms with Crippen LogP contribution in [-0.4, -0.2) is 13.0 Å². The molecule has 0 amide bonds. The predicted molar refractivity (Wildman–Crippen MR) is 48.4 cm³/mol. The summed E-state index contributed by atoms with van der Waals surface area (Å²) >= 11 is 0. The number of fused-ring (bicyclic) bond motifs is 1. The summed E-state index contributed by atoms with van der Waals surface area (Å²) in [4.78, 5) is 0.0723. The second-order valence-corrected chi connectivity index (χ2v) is 4.79. The average Bonchev–Trinajstić information content (AvgIpc) is 2.00. The van der Waals surface area contributed by atoms with Gasteiger partial charge in [0, 0.05) is 0 Å². The highest BCUT2D eigenvalue weighted by molar-refractivity contribution is 7.85. The highest BCUT2D eigenvalue weighted by Crippen LogP contribution is 2.38. The zero-order valence-electron chi connectivity index (χ0n) is 7.19. The molecule has 0 fully saturated rings. The highest BCUT2D eigenvalue weighted by Gasteiger charge is 2.28. The quantitative estimate of drug-likeness (QED) is 0.697. The average molecular weight is 198 g/mol. The minimum atomic E-state index is -4.03. The van der Waals surface area contributed by atoms with E-state index in [1.807, 2.05) is 13.0 Å². The Labute approximate surface area is 77.1 Å². The molecule has 0 spiro atoms. The SMILES string of the molecule is CC1Cc2c1cccc2S(=O)(=O)O. The summed E-state index contributed by atoms with van der Waals surface area (Å²) in [5.74, 6) is 0.414. The van der Waals surface area contributed by atoms with Gasteiger partial charge in [-0.15, -0.1) is 0 Å². The Kier molecular flexibility index (Phi) is 1.72. The summed E-state index contributed by atoms with van der Waals surface area (Å²) < 4.78 is 30.7. The standard InChI is InChI=1S/C9H10O3S/c1-6-5-8-7(6)3-2-4-9(8)13(10,11)12/h2-4,6H,5H2,1H3,(H,10,11,12). The molecule has 0 saturated carbocycles. The molecule has 1 atom stereocenters. The first-order valence-electron chi connectivity index (χ1n) is 4.09. The van der Waals surface area contributed by atoms with Gasteiger partial charge in [0.25, 0.3) is 10.1 Å². The second-order valence-electron chi connectivity index (χ2n) is 3.40. The molecular weight excluding hydrogens is 188 g/mol. The molecule has 70 valence electrons. The van der Waals surface area contributed by atoms with Crippen LogP contribution >= 0.6 is 0 Å². The van der Waals surface area contributed by atoms with Crippen molar-refractivity contribution in [1.82, 2.24) is 0 Å². The van der Waals surface area contributed by atoms with Crippen molar-refractivity contribution < 1.29 is 13.0 Å². The summed E-state index contributed by atoms with van der Waals surface area (Å²) in [5, 5.41) is 0. The van der Waals surface area contributed by atoms with E-state index in [4.69, 9.17) is 4.55 Å². The molecule has 2 rings (SSSR count). The van der Waals surface area contributed by atoms with E-state index in [1.54, 1.807) is 6.07 Å². The third-order valence-electron chi connectivity index (χ3n) is 2.49. The van der Waals surface area contributed by atoms with Crippen molar-refractivity contribution in [3.63, 3.8) is 0 Å². The van der Waals surface area contributed by atoms with Crippen LogP contribution in [-0.2, 0) is 16.5 Å². The molecule has 1 aliphatic carbocycles. The Hall–Kier alpha value is -0.870. The fourth-order valence-corrected chi connectivity index (χ4v) is 2.55. The fourth-order valence-electron chi connectivity index (χ4n) is 1.79. The largest absolute Gasteiger partial charge is 0.294 e. The normalized spacial score (nSPS) is 20.6. The van der Waals surface area contributed by atoms with E-state index in [1.165, 1.54) is 6.07 Å². The zero-order chi connectivity index (χ0) is 9.64. The van der Waals surface area contributed by atoms with Gasteiger partial charge in [-0.1, -0.05) is 19.1 Å². The van der Waals surface area contributed by atoms with Crippen LogP contribution in [0.25, 0.3) is 0 Å². The van der Waals surface area contributed by atoms with Crippen LogP contribution in [0, 0.1) is 0 Å². The minimum absolute atomic E-state index is 0.0723. The van der Waals surface area contributed by atoms with Crippen molar-refractivity contribution >= 4 is 10.1 Å². The Bertz CT molecular complexity index is 448. The lowest BCUT2D eigenvalue weighted by atomic mass is 9.79. The van der Waals surface area contributed by atoms with E-state index in [2.05, 4.69) is 0 Å². The van der Waals surface area contributed by atoms with Crippen LogP contribution in [0.3, 0.4) is 0 Å². The highest BCUT2D eigenvalue weighted by atomic mass is 32.2. The molecule has 0 aliphatic heterocycles. The second kappa shape index (κ2) is 2.56. The van der Waals surface area contributed by atoms with Crippen LogP contribution in [0.4, 0.5) is 0 Å². The summed E-state index contributed by atoms with van der Waals surface area (Å²) in [6.07, 6.45) is 0.741. The first-order valence-corrected chi connectivity index (χ1v) is 5.53. The van der Waals surface area contributed by atoms with Crippen molar-refractivity contribution in [2.24, 2.45) is 0 Å². The van der Waals surface area contributed by atoms with Crippen molar-refractivity contribution in [2.45, 2.75) is 24.2 Å². The van der Waals surface area contributed by atoms with Crippen LogP contribution in [0.5, 0.6) is 0 Å². The maximum Gasteiger partial charge on any atom is 0.294 e. The Morgan fingerprint density at radius 3 is 2.69 bits per heavy atom. The third kappa shape index (κ3) is 1.26. The first kappa shape index (κ1) is 8.72. The summed E-state index contributed by atoms with van der Waals surface area (Å²) in [5.41, 5.74) is 1.81. The maximum absolute atomic E-state index is 10.9. The molecule has 0 saturated heterocycles. The van der Waals surface area contributed by atoms with Crippen LogP contribution in [0.1, 0.15) is 24.0 Å². The lowest BCUT2D eigenvalue weighted by Crippen LogP contribution is -2.18. The van der Waals surface area contributed by atoms with Gasteiger partial charge in [0.15, 0.2) is 0 Å². The van der Waals surface area contributed by atoms with Crippen LogP contribution < -0.4 is 0 Å². The summed E-state index contributed by atoms with van der Waals surface area (Å²) in [7, 11) is -4.03. The Morgan fingerprint density at radius 1 is 1.46 bits per heavy atom. The lowest BCUT2D eigenvalue weighted by Gasteiger charge is -2.28. The van der Waals surface area contributed by atoms with Crippen molar-refractivity contribution in [3.05, 3.63) is 29.3 Å². The van der Waals surface area contributed by atoms with Gasteiger partial charge < -0.3 is 0 Å². The van der Waals surface area contributed by atoms with E-state index in [-0.39, 0.29) is 4.90 Å². The molecule has 3 nitrogen and oxygen atoms in total. The molecule has 13 heavy (non-hydrogen) atoms. The van der Waals surface area contributed by atoms with Gasteiger partial charge in [0.1, 0.15) is 0 Å². The molecule has 0 bridgehead atoms. The number of rotatable bonds is 1. The Morgan fingerprint density at radius 2 is 2.15 bits per heavy atom. The minimum Gasteiger partial charge on any atom is -0.282 e. The van der Waals surface area contributed by atoms with E-state index in [0.29, 0.717) is 5.92 Å². The fraction of sp³-hybridized carbons (Fsp3) is 0.333. The zero-order valence-corrected chi connectivity index (χ0v) is 8.00. The van der Waals surface area contributed by atoms with Gasteiger partial charge in [-0.3, -0.25) is 4.55 Å². The van der Waals surface area contributed by atoms with Gasteiger partial charge in [-0.25, -0.2) is 0 Å². The van der Waals surface area contributed by atoms with Crippen molar-refractivity contribution in [3.8, 4) is 0 Å². The van der Waals surface area contributed by atoms with Crippen LogP contribution in [0.2, 0.25) is 0 Å². The molecule has 4 heteroatoms. The van der Waals surface area contributed by atoms with Gasteiger partial charge in [-0.05, 0) is 29.5 Å². The number of benzene rings is 1. The lowest BCUT2D eigenvalue weighted by molar-refractivity contribution is 0.479. The molecule has 1 N–H and O–H groups in total. The van der Waals surface area contributed by atoms with E-state index in [0.717, 1.165) is 17.5 Å². The van der Waals surface area contributed by atoms with E-state index in [9.17, 15) is 8.42 Å². The molecule has 1 unspecified atom stereocenters. The van der Waals surface area contributed by atoms with Gasteiger partial charge in [0.05, 0.1) is 4.90 Å². The van der Waals surface area contributed by atoms with Gasteiger partial charge >= 0.3 is 0 Å². The molecule has 1 aromatic carbocycles. The van der Waals surface area contributed by atoms with E-state index >= 15 is 0 Å². The molecular formula is C9H10O3S. The first-order chi connectivity index (χ1) is 6.00. The van der Waals surface area contributed by atoms with Gasteiger partial charge in [0.2, 0.25) is 0 Å². The maximum atomic E-state index is 10.9. The van der Waals surface area contributed by atoms with Gasteiger partial charge in [-0.2, -0.15) is 8.42 Å². The molecule has 1 aromatic rings. The smallest absolute Gasteiger partial charge is 0.282 e. The predicted octanol–water partition coefficient (Wildman–Crippen LogP) is 1.59.